The van der Waals surface area contributed by atoms with Gasteiger partial charge in [0.1, 0.15) is 17.4 Å². The maximum absolute atomic E-state index is 12.5. The average Bonchev–Trinajstić information content (AvgIpc) is 3.60. The first-order chi connectivity index (χ1) is 14.5. The van der Waals surface area contributed by atoms with Crippen molar-refractivity contribution in [3.05, 3.63) is 46.9 Å². The first kappa shape index (κ1) is 20.6. The van der Waals surface area contributed by atoms with Gasteiger partial charge >= 0.3 is 0 Å². The van der Waals surface area contributed by atoms with Crippen LogP contribution in [-0.4, -0.2) is 55.1 Å². The third kappa shape index (κ3) is 4.27. The minimum atomic E-state index is 0.0889. The van der Waals surface area contributed by atoms with E-state index < -0.39 is 0 Å². The number of likely N-dealkylation sites (N-methyl/N-ethyl adjacent to an activating group) is 1. The number of aryl methyl sites for hydroxylation is 1. The Morgan fingerprint density at radius 2 is 1.80 bits per heavy atom. The standard InChI is InChI=1S/C24H32N4O2/c1-16-20(15-22(29)27(2)3)24(26-23(25-16)18-9-10-18)28-13-11-17(12-14-28)19-7-5-6-8-21(19)30-4/h5-8,17-18H,9-15H2,1-4H3. The van der Waals surface area contributed by atoms with E-state index in [1.54, 1.807) is 26.1 Å². The van der Waals surface area contributed by atoms with Gasteiger partial charge in [-0.3, -0.25) is 4.79 Å². The summed E-state index contributed by atoms with van der Waals surface area (Å²) in [6.07, 6.45) is 4.79. The molecule has 1 aromatic heterocycles. The van der Waals surface area contributed by atoms with Crippen LogP contribution in [-0.2, 0) is 11.2 Å². The van der Waals surface area contributed by atoms with E-state index in [-0.39, 0.29) is 5.91 Å². The molecule has 0 atom stereocenters. The lowest BCUT2D eigenvalue weighted by atomic mass is 9.88. The second-order valence-electron chi connectivity index (χ2n) is 8.71. The molecule has 6 heteroatoms. The highest BCUT2D eigenvalue weighted by molar-refractivity contribution is 5.80. The average molecular weight is 409 g/mol. The Morgan fingerprint density at radius 3 is 2.43 bits per heavy atom. The molecule has 2 aromatic rings. The fourth-order valence-electron chi connectivity index (χ4n) is 4.31. The zero-order valence-electron chi connectivity index (χ0n) is 18.5. The number of para-hydroxylation sites is 1. The van der Waals surface area contributed by atoms with Crippen LogP contribution in [0.2, 0.25) is 0 Å². The van der Waals surface area contributed by atoms with E-state index >= 15 is 0 Å². The highest BCUT2D eigenvalue weighted by Gasteiger charge is 2.31. The number of piperidine rings is 1. The number of aromatic nitrogens is 2. The maximum Gasteiger partial charge on any atom is 0.226 e. The number of benzene rings is 1. The van der Waals surface area contributed by atoms with Gasteiger partial charge in [0.05, 0.1) is 13.5 Å². The van der Waals surface area contributed by atoms with Crippen LogP contribution in [0.4, 0.5) is 5.82 Å². The fourth-order valence-corrected chi connectivity index (χ4v) is 4.31. The molecule has 0 unspecified atom stereocenters. The van der Waals surface area contributed by atoms with Crippen LogP contribution in [0.3, 0.4) is 0 Å². The number of nitrogens with zero attached hydrogens (tertiary/aromatic N) is 4. The zero-order valence-corrected chi connectivity index (χ0v) is 18.5. The quantitative estimate of drug-likeness (QED) is 0.730. The Hall–Kier alpha value is -2.63. The molecule has 6 nitrogen and oxygen atoms in total. The van der Waals surface area contributed by atoms with Crippen molar-refractivity contribution in [3.8, 4) is 5.75 Å². The Balaban J connectivity index is 1.58. The first-order valence-corrected chi connectivity index (χ1v) is 10.9. The molecule has 0 radical (unpaired) electrons. The number of rotatable bonds is 6. The summed E-state index contributed by atoms with van der Waals surface area (Å²) in [5.74, 6) is 3.96. The largest absolute Gasteiger partial charge is 0.496 e. The molecule has 30 heavy (non-hydrogen) atoms. The van der Waals surface area contributed by atoms with Crippen LogP contribution in [0.1, 0.15) is 60.2 Å². The van der Waals surface area contributed by atoms with E-state index in [1.165, 1.54) is 18.4 Å². The van der Waals surface area contributed by atoms with Crippen LogP contribution in [0, 0.1) is 6.92 Å². The van der Waals surface area contributed by atoms with Gasteiger partial charge in [-0.15, -0.1) is 0 Å². The van der Waals surface area contributed by atoms with Crippen molar-refractivity contribution in [3.63, 3.8) is 0 Å². The predicted octanol–water partition coefficient (Wildman–Crippen LogP) is 3.69. The minimum absolute atomic E-state index is 0.0889. The van der Waals surface area contributed by atoms with E-state index in [0.29, 0.717) is 18.3 Å². The molecule has 0 N–H and O–H groups in total. The molecule has 1 aliphatic heterocycles. The van der Waals surface area contributed by atoms with E-state index in [0.717, 1.165) is 54.6 Å². The number of ether oxygens (including phenoxy) is 1. The summed E-state index contributed by atoms with van der Waals surface area (Å²) in [7, 11) is 5.34. The van der Waals surface area contributed by atoms with Gasteiger partial charge in [-0.25, -0.2) is 9.97 Å². The number of carbonyl (C=O) groups is 1. The van der Waals surface area contributed by atoms with Crippen molar-refractivity contribution in [1.29, 1.82) is 0 Å². The van der Waals surface area contributed by atoms with Crippen molar-refractivity contribution in [2.45, 2.75) is 50.9 Å². The molecule has 2 fully saturated rings. The van der Waals surface area contributed by atoms with Gasteiger partial charge in [0.25, 0.3) is 0 Å². The third-order valence-corrected chi connectivity index (χ3v) is 6.35. The first-order valence-electron chi connectivity index (χ1n) is 10.9. The number of hydrogen-bond donors (Lipinski definition) is 0. The van der Waals surface area contributed by atoms with Gasteiger partial charge in [0.15, 0.2) is 0 Å². The summed E-state index contributed by atoms with van der Waals surface area (Å²) in [4.78, 5) is 26.2. The molecule has 1 aromatic carbocycles. The Morgan fingerprint density at radius 1 is 1.10 bits per heavy atom. The molecule has 4 rings (SSSR count). The summed E-state index contributed by atoms with van der Waals surface area (Å²) in [6, 6.07) is 8.34. The third-order valence-electron chi connectivity index (χ3n) is 6.35. The molecule has 2 heterocycles. The van der Waals surface area contributed by atoms with E-state index in [1.807, 2.05) is 19.1 Å². The molecule has 0 spiro atoms. The van der Waals surface area contributed by atoms with E-state index in [4.69, 9.17) is 14.7 Å². The monoisotopic (exact) mass is 408 g/mol. The Labute approximate surface area is 179 Å². The molecular formula is C24H32N4O2. The highest BCUT2D eigenvalue weighted by atomic mass is 16.5. The van der Waals surface area contributed by atoms with Crippen LogP contribution < -0.4 is 9.64 Å². The number of carbonyl (C=O) groups excluding carboxylic acids is 1. The second kappa shape index (κ2) is 8.62. The maximum atomic E-state index is 12.5. The van der Waals surface area contributed by atoms with Gasteiger partial charge in [0, 0.05) is 44.4 Å². The van der Waals surface area contributed by atoms with E-state index in [2.05, 4.69) is 17.0 Å². The van der Waals surface area contributed by atoms with Gasteiger partial charge in [-0.1, -0.05) is 18.2 Å². The van der Waals surface area contributed by atoms with Crippen molar-refractivity contribution in [1.82, 2.24) is 14.9 Å². The van der Waals surface area contributed by atoms with Gasteiger partial charge in [0.2, 0.25) is 5.91 Å². The highest BCUT2D eigenvalue weighted by Crippen LogP contribution is 2.40. The van der Waals surface area contributed by atoms with Crippen molar-refractivity contribution in [2.24, 2.45) is 0 Å². The lowest BCUT2D eigenvalue weighted by Gasteiger charge is -2.35. The molecule has 1 amide bonds. The summed E-state index contributed by atoms with van der Waals surface area (Å²) in [5, 5.41) is 0. The van der Waals surface area contributed by atoms with Crippen LogP contribution in [0.5, 0.6) is 5.75 Å². The molecule has 1 saturated carbocycles. The van der Waals surface area contributed by atoms with Crippen LogP contribution >= 0.6 is 0 Å². The smallest absolute Gasteiger partial charge is 0.226 e. The zero-order chi connectivity index (χ0) is 21.3. The number of anilines is 1. The number of methoxy groups -OCH3 is 1. The SMILES string of the molecule is COc1ccccc1C1CCN(c2nc(C3CC3)nc(C)c2CC(=O)N(C)C)CC1. The predicted molar refractivity (Wildman–Crippen MR) is 118 cm³/mol. The normalized spacial score (nSPS) is 17.1. The number of amides is 1. The fraction of sp³-hybridized carbons (Fsp3) is 0.542. The van der Waals surface area contributed by atoms with Gasteiger partial charge in [-0.05, 0) is 50.2 Å². The molecule has 1 saturated heterocycles. The number of hydrogen-bond acceptors (Lipinski definition) is 5. The molecule has 160 valence electrons. The summed E-state index contributed by atoms with van der Waals surface area (Å²) in [5.41, 5.74) is 3.22. The van der Waals surface area contributed by atoms with Gasteiger partial charge < -0.3 is 14.5 Å². The second-order valence-corrected chi connectivity index (χ2v) is 8.71. The summed E-state index contributed by atoms with van der Waals surface area (Å²) < 4.78 is 5.58. The van der Waals surface area contributed by atoms with Crippen LogP contribution in [0.25, 0.3) is 0 Å². The molecule has 0 bridgehead atoms. The van der Waals surface area contributed by atoms with Gasteiger partial charge in [-0.2, -0.15) is 0 Å². The van der Waals surface area contributed by atoms with Crippen molar-refractivity contribution < 1.29 is 9.53 Å². The molecule has 2 aliphatic rings. The Kier molecular flexibility index (Phi) is 5.93. The van der Waals surface area contributed by atoms with E-state index in [9.17, 15) is 4.79 Å². The molecule has 1 aliphatic carbocycles. The van der Waals surface area contributed by atoms with Crippen molar-refractivity contribution >= 4 is 11.7 Å². The molecular weight excluding hydrogens is 376 g/mol. The topological polar surface area (TPSA) is 58.6 Å². The Bertz CT molecular complexity index is 915. The minimum Gasteiger partial charge on any atom is -0.496 e. The lowest BCUT2D eigenvalue weighted by molar-refractivity contribution is -0.127. The summed E-state index contributed by atoms with van der Waals surface area (Å²) in [6.45, 7) is 3.87. The summed E-state index contributed by atoms with van der Waals surface area (Å²) >= 11 is 0. The van der Waals surface area contributed by atoms with Crippen molar-refractivity contribution in [2.75, 3.05) is 39.2 Å². The lowest BCUT2D eigenvalue weighted by Crippen LogP contribution is -2.35. The van der Waals surface area contributed by atoms with Crippen LogP contribution in [0.15, 0.2) is 24.3 Å².